The predicted molar refractivity (Wildman–Crippen MR) is 138 cm³/mol. The molecule has 2 saturated heterocycles. The average Bonchev–Trinajstić information content (AvgIpc) is 3.64. The minimum atomic E-state index is -0.776. The third kappa shape index (κ3) is 5.13. The van der Waals surface area contributed by atoms with Crippen molar-refractivity contribution >= 4 is 11.9 Å². The summed E-state index contributed by atoms with van der Waals surface area (Å²) in [6, 6.07) is 8.37. The molecule has 2 aromatic heterocycles. The van der Waals surface area contributed by atoms with Crippen LogP contribution in [0.25, 0.3) is 22.6 Å². The van der Waals surface area contributed by atoms with Crippen LogP contribution in [0.5, 0.6) is 0 Å². The average molecular weight is 522 g/mol. The van der Waals surface area contributed by atoms with E-state index in [2.05, 4.69) is 32.2 Å². The number of nitrogens with zero attached hydrogens (tertiary/aromatic N) is 5. The minimum Gasteiger partial charge on any atom is -0.351 e. The van der Waals surface area contributed by atoms with Crippen LogP contribution in [0, 0.1) is 11.2 Å². The highest BCUT2D eigenvalue weighted by Gasteiger charge is 2.43. The number of aromatic nitrogens is 4. The van der Waals surface area contributed by atoms with Gasteiger partial charge in [0.2, 0.25) is 18.1 Å². The maximum Gasteiger partial charge on any atom is 0.233 e. The minimum absolute atomic E-state index is 0.0489. The zero-order chi connectivity index (χ0) is 26.3. The molecule has 6 rings (SSSR count). The van der Waals surface area contributed by atoms with E-state index in [0.717, 1.165) is 31.5 Å². The van der Waals surface area contributed by atoms with Gasteiger partial charge in [-0.1, -0.05) is 0 Å². The Morgan fingerprint density at radius 2 is 1.79 bits per heavy atom. The molecular weight excluding hydrogens is 489 g/mol. The lowest BCUT2D eigenvalue weighted by Crippen LogP contribution is -2.55. The molecule has 0 bridgehead atoms. The number of halogens is 1. The summed E-state index contributed by atoms with van der Waals surface area (Å²) in [5.74, 6) is 0.735. The standard InChI is InChI=1S/C27H32FN7O3/c1-27(25(36)35-13-11-34(2)12-14-35)15-37-24(38-16-27)23-32-21(17-3-5-18(28)6-4-17)22(33-23)20-9-10-29-26(31-20)30-19-7-8-19/h3-6,9-10,19,24H,7-8,11-16H2,1-2H3,(H,32,33)(H,29,30,31). The molecule has 2 aliphatic heterocycles. The topological polar surface area (TPSA) is 109 Å². The number of aromatic amines is 1. The molecule has 200 valence electrons. The van der Waals surface area contributed by atoms with Gasteiger partial charge in [-0.3, -0.25) is 4.79 Å². The lowest BCUT2D eigenvalue weighted by molar-refractivity contribution is -0.234. The molecule has 3 fully saturated rings. The Labute approximate surface area is 220 Å². The number of ether oxygens (including phenoxy) is 2. The van der Waals surface area contributed by atoms with E-state index in [1.54, 1.807) is 24.4 Å². The van der Waals surface area contributed by atoms with Crippen molar-refractivity contribution in [2.24, 2.45) is 5.41 Å². The molecule has 1 saturated carbocycles. The van der Waals surface area contributed by atoms with Crippen LogP contribution in [0.2, 0.25) is 0 Å². The summed E-state index contributed by atoms with van der Waals surface area (Å²) in [6.07, 6.45) is 3.14. The number of H-pyrrole nitrogens is 1. The summed E-state index contributed by atoms with van der Waals surface area (Å²) in [6.45, 7) is 5.43. The van der Waals surface area contributed by atoms with E-state index in [1.165, 1.54) is 12.1 Å². The fraction of sp³-hybridized carbons (Fsp3) is 0.481. The highest BCUT2D eigenvalue weighted by molar-refractivity contribution is 5.83. The third-order valence-corrected chi connectivity index (χ3v) is 7.30. The fourth-order valence-electron chi connectivity index (χ4n) is 4.76. The maximum absolute atomic E-state index is 13.7. The second-order valence-corrected chi connectivity index (χ2v) is 10.6. The molecule has 4 heterocycles. The quantitative estimate of drug-likeness (QED) is 0.510. The monoisotopic (exact) mass is 521 g/mol. The van der Waals surface area contributed by atoms with Crippen molar-refractivity contribution in [3.05, 3.63) is 48.2 Å². The van der Waals surface area contributed by atoms with E-state index < -0.39 is 11.7 Å². The van der Waals surface area contributed by atoms with Gasteiger partial charge >= 0.3 is 0 Å². The summed E-state index contributed by atoms with van der Waals surface area (Å²) < 4.78 is 25.8. The van der Waals surface area contributed by atoms with Crippen molar-refractivity contribution in [1.82, 2.24) is 29.7 Å². The zero-order valence-electron chi connectivity index (χ0n) is 21.6. The van der Waals surface area contributed by atoms with E-state index in [-0.39, 0.29) is 24.9 Å². The van der Waals surface area contributed by atoms with Gasteiger partial charge in [0.25, 0.3) is 0 Å². The van der Waals surface area contributed by atoms with Crippen LogP contribution in [-0.4, -0.2) is 88.1 Å². The number of hydrogen-bond donors (Lipinski definition) is 2. The molecule has 0 radical (unpaired) electrons. The molecule has 0 unspecified atom stereocenters. The van der Waals surface area contributed by atoms with Gasteiger partial charge in [0.1, 0.15) is 5.82 Å². The van der Waals surface area contributed by atoms with Crippen LogP contribution in [0.15, 0.2) is 36.5 Å². The number of amides is 1. The Bertz CT molecular complexity index is 1290. The van der Waals surface area contributed by atoms with Crippen LogP contribution in [0.4, 0.5) is 10.3 Å². The lowest BCUT2D eigenvalue weighted by Gasteiger charge is -2.41. The first-order chi connectivity index (χ1) is 18.4. The third-order valence-electron chi connectivity index (χ3n) is 7.30. The van der Waals surface area contributed by atoms with Crippen LogP contribution in [0.3, 0.4) is 0 Å². The smallest absolute Gasteiger partial charge is 0.233 e. The first-order valence-electron chi connectivity index (χ1n) is 13.0. The van der Waals surface area contributed by atoms with E-state index in [4.69, 9.17) is 14.5 Å². The van der Waals surface area contributed by atoms with E-state index >= 15 is 0 Å². The lowest BCUT2D eigenvalue weighted by atomic mass is 9.90. The number of hydrogen-bond acceptors (Lipinski definition) is 8. The Kier molecular flexibility index (Phi) is 6.58. The van der Waals surface area contributed by atoms with Gasteiger partial charge in [-0.05, 0) is 57.1 Å². The summed E-state index contributed by atoms with van der Waals surface area (Å²) in [5.41, 5.74) is 1.86. The van der Waals surface area contributed by atoms with E-state index in [0.29, 0.717) is 48.0 Å². The molecule has 1 amide bonds. The molecule has 3 aromatic rings. The normalized spacial score (nSPS) is 24.4. The highest BCUT2D eigenvalue weighted by Crippen LogP contribution is 2.36. The van der Waals surface area contributed by atoms with Crippen LogP contribution in [-0.2, 0) is 14.3 Å². The molecule has 11 heteroatoms. The largest absolute Gasteiger partial charge is 0.351 e. The van der Waals surface area contributed by atoms with Gasteiger partial charge in [-0.25, -0.2) is 19.3 Å². The molecule has 3 aliphatic rings. The highest BCUT2D eigenvalue weighted by atomic mass is 19.1. The number of nitrogens with one attached hydrogen (secondary N) is 2. The molecule has 0 spiro atoms. The molecule has 1 aliphatic carbocycles. The van der Waals surface area contributed by atoms with E-state index in [9.17, 15) is 9.18 Å². The van der Waals surface area contributed by atoms with Crippen molar-refractivity contribution in [3.63, 3.8) is 0 Å². The van der Waals surface area contributed by atoms with Crippen LogP contribution < -0.4 is 5.32 Å². The number of imidazole rings is 1. The number of likely N-dealkylation sites (N-methyl/N-ethyl adjacent to an activating group) is 1. The Morgan fingerprint density at radius 1 is 1.08 bits per heavy atom. The van der Waals surface area contributed by atoms with Gasteiger partial charge in [-0.15, -0.1) is 0 Å². The van der Waals surface area contributed by atoms with Crippen molar-refractivity contribution in [3.8, 4) is 22.6 Å². The zero-order valence-corrected chi connectivity index (χ0v) is 21.6. The summed E-state index contributed by atoms with van der Waals surface area (Å²) >= 11 is 0. The first kappa shape index (κ1) is 24.9. The number of anilines is 1. The SMILES string of the molecule is CN1CCN(C(=O)C2(C)COC(c3nc(-c4ccc(F)cc4)c(-c4ccnc(NC5CC5)n4)[nH]3)OC2)CC1. The number of carbonyl (C=O) groups is 1. The van der Waals surface area contributed by atoms with Gasteiger partial charge < -0.3 is 29.6 Å². The second kappa shape index (κ2) is 10.0. The van der Waals surface area contributed by atoms with Crippen LogP contribution >= 0.6 is 0 Å². The van der Waals surface area contributed by atoms with Crippen molar-refractivity contribution in [1.29, 1.82) is 0 Å². The van der Waals surface area contributed by atoms with Crippen molar-refractivity contribution in [2.75, 3.05) is 51.8 Å². The Hall–Kier alpha value is -3.41. The predicted octanol–water partition coefficient (Wildman–Crippen LogP) is 3.07. The molecule has 38 heavy (non-hydrogen) atoms. The van der Waals surface area contributed by atoms with Crippen molar-refractivity contribution in [2.45, 2.75) is 32.1 Å². The molecular formula is C27H32FN7O3. The first-order valence-corrected chi connectivity index (χ1v) is 13.0. The van der Waals surface area contributed by atoms with Gasteiger partial charge in [0.05, 0.1) is 35.7 Å². The maximum atomic E-state index is 13.7. The Balaban J connectivity index is 1.24. The molecule has 1 aromatic carbocycles. The fourth-order valence-corrected chi connectivity index (χ4v) is 4.76. The summed E-state index contributed by atoms with van der Waals surface area (Å²) in [5, 5.41) is 3.32. The molecule has 10 nitrogen and oxygen atoms in total. The number of carbonyl (C=O) groups excluding carboxylic acids is 1. The number of piperazine rings is 1. The number of rotatable bonds is 6. The number of benzene rings is 1. The van der Waals surface area contributed by atoms with Gasteiger partial charge in [0, 0.05) is 44.0 Å². The molecule has 2 N–H and O–H groups in total. The summed E-state index contributed by atoms with van der Waals surface area (Å²) in [7, 11) is 2.06. The van der Waals surface area contributed by atoms with Gasteiger partial charge in [-0.2, -0.15) is 0 Å². The van der Waals surface area contributed by atoms with E-state index in [1.807, 2.05) is 11.8 Å². The van der Waals surface area contributed by atoms with Crippen LogP contribution in [0.1, 0.15) is 31.9 Å². The molecule has 0 atom stereocenters. The summed E-state index contributed by atoms with van der Waals surface area (Å²) in [4.78, 5) is 34.5. The second-order valence-electron chi connectivity index (χ2n) is 10.6. The Morgan fingerprint density at radius 3 is 2.47 bits per heavy atom. The van der Waals surface area contributed by atoms with Gasteiger partial charge in [0.15, 0.2) is 5.82 Å². The van der Waals surface area contributed by atoms with Crippen molar-refractivity contribution < 1.29 is 18.7 Å².